The minimum atomic E-state index is 0.520. The van der Waals surface area contributed by atoms with Gasteiger partial charge < -0.3 is 4.90 Å². The van der Waals surface area contributed by atoms with Crippen LogP contribution in [0.5, 0.6) is 0 Å². The van der Waals surface area contributed by atoms with E-state index in [1.54, 1.807) is 0 Å². The lowest BCUT2D eigenvalue weighted by atomic mass is 10.1. The van der Waals surface area contributed by atoms with Gasteiger partial charge in [0.2, 0.25) is 0 Å². The molecule has 1 saturated heterocycles. The lowest BCUT2D eigenvalue weighted by Gasteiger charge is -2.36. The second kappa shape index (κ2) is 5.30. The highest BCUT2D eigenvalue weighted by molar-refractivity contribution is 9.10. The van der Waals surface area contributed by atoms with Gasteiger partial charge in [-0.25, -0.2) is 0 Å². The summed E-state index contributed by atoms with van der Waals surface area (Å²) >= 11 is 3.54. The molecule has 0 aromatic heterocycles. The Morgan fingerprint density at radius 1 is 1.19 bits per heavy atom. The molecule has 0 bridgehead atoms. The fraction of sp³-hybridized carbons (Fsp3) is 0.538. The van der Waals surface area contributed by atoms with Crippen LogP contribution in [0.25, 0.3) is 0 Å². The lowest BCUT2D eigenvalue weighted by molar-refractivity contribution is 0.119. The quantitative estimate of drug-likeness (QED) is 0.823. The van der Waals surface area contributed by atoms with Crippen molar-refractivity contribution in [3.63, 3.8) is 0 Å². The van der Waals surface area contributed by atoms with Crippen LogP contribution in [0.2, 0.25) is 0 Å². The Balaban J connectivity index is 2.04. The lowest BCUT2D eigenvalue weighted by Crippen LogP contribution is -2.45. The van der Waals surface area contributed by atoms with Crippen LogP contribution in [0.4, 0.5) is 0 Å². The summed E-state index contributed by atoms with van der Waals surface area (Å²) in [6.45, 7) is 7.00. The van der Waals surface area contributed by atoms with E-state index in [0.717, 1.165) is 0 Å². The van der Waals surface area contributed by atoms with Gasteiger partial charge in [0.05, 0.1) is 0 Å². The van der Waals surface area contributed by atoms with Gasteiger partial charge in [-0.1, -0.05) is 28.1 Å². The van der Waals surface area contributed by atoms with Crippen molar-refractivity contribution in [1.29, 1.82) is 0 Å². The van der Waals surface area contributed by atoms with E-state index in [0.29, 0.717) is 6.04 Å². The first-order chi connectivity index (χ1) is 7.66. The first kappa shape index (κ1) is 12.1. The summed E-state index contributed by atoms with van der Waals surface area (Å²) in [5, 5.41) is 0. The fourth-order valence-electron chi connectivity index (χ4n) is 2.19. The molecule has 1 aromatic rings. The molecule has 88 valence electrons. The maximum atomic E-state index is 3.54. The third-order valence-corrected chi connectivity index (χ3v) is 3.91. The number of likely N-dealkylation sites (N-methyl/N-ethyl adjacent to an activating group) is 1. The Kier molecular flexibility index (Phi) is 4.00. The van der Waals surface area contributed by atoms with Gasteiger partial charge in [-0.2, -0.15) is 0 Å². The molecule has 1 aromatic carbocycles. The molecule has 1 fully saturated rings. The Labute approximate surface area is 106 Å². The monoisotopic (exact) mass is 282 g/mol. The molecule has 0 aliphatic carbocycles. The van der Waals surface area contributed by atoms with Crippen LogP contribution >= 0.6 is 15.9 Å². The molecule has 3 heteroatoms. The SMILES string of the molecule is CC(c1cccc(Br)c1)N1CCN(C)CC1. The second-order valence-electron chi connectivity index (χ2n) is 4.57. The molecule has 1 unspecified atom stereocenters. The second-order valence-corrected chi connectivity index (χ2v) is 5.49. The molecule has 1 aliphatic rings. The third kappa shape index (κ3) is 2.84. The zero-order chi connectivity index (χ0) is 11.5. The van der Waals surface area contributed by atoms with Gasteiger partial charge in [0.1, 0.15) is 0 Å². The predicted molar refractivity (Wildman–Crippen MR) is 71.6 cm³/mol. The molecule has 2 rings (SSSR count). The molecule has 0 radical (unpaired) electrons. The maximum absolute atomic E-state index is 3.54. The van der Waals surface area contributed by atoms with Crippen LogP contribution in [-0.4, -0.2) is 43.0 Å². The Hall–Kier alpha value is -0.380. The minimum Gasteiger partial charge on any atom is -0.304 e. The van der Waals surface area contributed by atoms with Crippen molar-refractivity contribution in [3.05, 3.63) is 34.3 Å². The first-order valence-corrected chi connectivity index (χ1v) is 6.64. The summed E-state index contributed by atoms with van der Waals surface area (Å²) in [5.74, 6) is 0. The molecule has 0 amide bonds. The van der Waals surface area contributed by atoms with Gasteiger partial charge in [0, 0.05) is 36.7 Å². The Bertz CT molecular complexity index is 346. The van der Waals surface area contributed by atoms with Gasteiger partial charge in [0.15, 0.2) is 0 Å². The van der Waals surface area contributed by atoms with Crippen LogP contribution in [0.3, 0.4) is 0 Å². The van der Waals surface area contributed by atoms with Gasteiger partial charge >= 0.3 is 0 Å². The van der Waals surface area contributed by atoms with Gasteiger partial charge in [-0.3, -0.25) is 4.90 Å². The van der Waals surface area contributed by atoms with Crippen LogP contribution in [0.1, 0.15) is 18.5 Å². The van der Waals surface area contributed by atoms with Gasteiger partial charge in [0.25, 0.3) is 0 Å². The van der Waals surface area contributed by atoms with Crippen LogP contribution in [0.15, 0.2) is 28.7 Å². The Morgan fingerprint density at radius 3 is 2.50 bits per heavy atom. The summed E-state index contributed by atoms with van der Waals surface area (Å²) in [6.07, 6.45) is 0. The first-order valence-electron chi connectivity index (χ1n) is 5.85. The molecule has 2 nitrogen and oxygen atoms in total. The predicted octanol–water partition coefficient (Wildman–Crippen LogP) is 2.76. The van der Waals surface area contributed by atoms with Crippen LogP contribution in [0, 0.1) is 0 Å². The van der Waals surface area contributed by atoms with Crippen molar-refractivity contribution in [2.75, 3.05) is 33.2 Å². The number of benzene rings is 1. The zero-order valence-electron chi connectivity index (χ0n) is 9.99. The molecule has 0 saturated carbocycles. The van der Waals surface area contributed by atoms with Crippen LogP contribution in [-0.2, 0) is 0 Å². The summed E-state index contributed by atoms with van der Waals surface area (Å²) in [6, 6.07) is 9.16. The normalized spacial score (nSPS) is 20.9. The number of hydrogen-bond acceptors (Lipinski definition) is 2. The van der Waals surface area contributed by atoms with Crippen molar-refractivity contribution in [2.45, 2.75) is 13.0 Å². The van der Waals surface area contributed by atoms with Crippen molar-refractivity contribution < 1.29 is 0 Å². The highest BCUT2D eigenvalue weighted by atomic mass is 79.9. The molecule has 1 atom stereocenters. The average molecular weight is 283 g/mol. The number of rotatable bonds is 2. The largest absolute Gasteiger partial charge is 0.304 e. The highest BCUT2D eigenvalue weighted by Crippen LogP contribution is 2.23. The summed E-state index contributed by atoms with van der Waals surface area (Å²) < 4.78 is 1.17. The van der Waals surface area contributed by atoms with E-state index in [9.17, 15) is 0 Å². The smallest absolute Gasteiger partial charge is 0.0321 e. The van der Waals surface area contributed by atoms with Gasteiger partial charge in [-0.15, -0.1) is 0 Å². The van der Waals surface area contributed by atoms with E-state index in [1.807, 2.05) is 0 Å². The molecular weight excluding hydrogens is 264 g/mol. The van der Waals surface area contributed by atoms with Crippen LogP contribution < -0.4 is 0 Å². The standard InChI is InChI=1S/C13H19BrN2/c1-11(12-4-3-5-13(14)10-12)16-8-6-15(2)7-9-16/h3-5,10-11H,6-9H2,1-2H3. The van der Waals surface area contributed by atoms with E-state index in [4.69, 9.17) is 0 Å². The van der Waals surface area contributed by atoms with Crippen molar-refractivity contribution >= 4 is 15.9 Å². The molecule has 0 spiro atoms. The highest BCUT2D eigenvalue weighted by Gasteiger charge is 2.20. The average Bonchev–Trinajstić information content (AvgIpc) is 2.29. The molecule has 1 heterocycles. The maximum Gasteiger partial charge on any atom is 0.0321 e. The summed E-state index contributed by atoms with van der Waals surface area (Å²) in [4.78, 5) is 4.95. The fourth-order valence-corrected chi connectivity index (χ4v) is 2.60. The van der Waals surface area contributed by atoms with E-state index in [2.05, 4.69) is 64.0 Å². The summed E-state index contributed by atoms with van der Waals surface area (Å²) in [7, 11) is 2.20. The van der Waals surface area contributed by atoms with E-state index >= 15 is 0 Å². The zero-order valence-corrected chi connectivity index (χ0v) is 11.6. The number of piperazine rings is 1. The van der Waals surface area contributed by atoms with Gasteiger partial charge in [-0.05, 0) is 31.7 Å². The summed E-state index contributed by atoms with van der Waals surface area (Å²) in [5.41, 5.74) is 1.40. The van der Waals surface area contributed by atoms with E-state index in [-0.39, 0.29) is 0 Å². The topological polar surface area (TPSA) is 6.48 Å². The number of halogens is 1. The van der Waals surface area contributed by atoms with E-state index in [1.165, 1.54) is 36.2 Å². The molecule has 16 heavy (non-hydrogen) atoms. The minimum absolute atomic E-state index is 0.520. The molecule has 0 N–H and O–H groups in total. The van der Waals surface area contributed by atoms with E-state index < -0.39 is 0 Å². The molecule has 1 aliphatic heterocycles. The number of nitrogens with zero attached hydrogens (tertiary/aromatic N) is 2. The number of hydrogen-bond donors (Lipinski definition) is 0. The molecular formula is C13H19BrN2. The van der Waals surface area contributed by atoms with Crippen molar-refractivity contribution in [2.24, 2.45) is 0 Å². The van der Waals surface area contributed by atoms with Crippen molar-refractivity contribution in [1.82, 2.24) is 9.80 Å². The third-order valence-electron chi connectivity index (χ3n) is 3.42. The van der Waals surface area contributed by atoms with Crippen molar-refractivity contribution in [3.8, 4) is 0 Å². The Morgan fingerprint density at radius 2 is 1.88 bits per heavy atom.